The molecule has 2 fully saturated rings. The van der Waals surface area contributed by atoms with Crippen molar-refractivity contribution in [2.24, 2.45) is 0 Å². The Balaban J connectivity index is 1.36. The van der Waals surface area contributed by atoms with Gasteiger partial charge in [0.2, 0.25) is 0 Å². The molecule has 7 heteroatoms. The molecule has 0 bridgehead atoms. The van der Waals surface area contributed by atoms with Gasteiger partial charge < -0.3 is 14.6 Å². The van der Waals surface area contributed by atoms with Gasteiger partial charge in [-0.2, -0.15) is 0 Å². The highest BCUT2D eigenvalue weighted by molar-refractivity contribution is 5.99. The Bertz CT molecular complexity index is 979. The monoisotopic (exact) mass is 424 g/mol. The van der Waals surface area contributed by atoms with Crippen molar-refractivity contribution in [3.8, 4) is 0 Å². The zero-order valence-corrected chi connectivity index (χ0v) is 18.4. The van der Waals surface area contributed by atoms with Crippen molar-refractivity contribution in [1.82, 2.24) is 19.7 Å². The first-order valence-corrected chi connectivity index (χ1v) is 11.7. The highest BCUT2D eigenvalue weighted by Crippen LogP contribution is 2.33. The van der Waals surface area contributed by atoms with Crippen LogP contribution in [0.5, 0.6) is 0 Å². The molecule has 0 spiro atoms. The minimum absolute atomic E-state index is 0.0192. The lowest BCUT2D eigenvalue weighted by molar-refractivity contribution is 0.0428. The summed E-state index contributed by atoms with van der Waals surface area (Å²) in [7, 11) is 0. The van der Waals surface area contributed by atoms with Crippen LogP contribution in [0.1, 0.15) is 60.6 Å². The maximum atomic E-state index is 13.3. The summed E-state index contributed by atoms with van der Waals surface area (Å²) in [4.78, 5) is 35.0. The van der Waals surface area contributed by atoms with Crippen LogP contribution in [-0.4, -0.2) is 70.6 Å². The topological polar surface area (TPSA) is 68.9 Å². The second-order valence-corrected chi connectivity index (χ2v) is 9.03. The number of aromatic nitrogens is 1. The molecule has 1 saturated carbocycles. The Kier molecular flexibility index (Phi) is 5.61. The standard InChI is InChI=1S/C24H32N4O3/c1-2-31-24(30)28-12-5-11-27(16-28)23(29)17-8-9-21-19(14-17)20-15-26(13-10-22(20)25-21)18-6-3-4-7-18/h8-9,14,18,25H,2-7,10-13,15-16H2,1H3. The molecule has 2 aromatic rings. The molecule has 31 heavy (non-hydrogen) atoms. The number of aromatic amines is 1. The van der Waals surface area contributed by atoms with Crippen LogP contribution in [0, 0.1) is 0 Å². The Morgan fingerprint density at radius 1 is 1.10 bits per heavy atom. The minimum Gasteiger partial charge on any atom is -0.450 e. The van der Waals surface area contributed by atoms with Crippen LogP contribution in [0.4, 0.5) is 4.79 Å². The van der Waals surface area contributed by atoms with E-state index in [1.165, 1.54) is 42.3 Å². The first kappa shape index (κ1) is 20.4. The number of rotatable bonds is 3. The van der Waals surface area contributed by atoms with Crippen molar-refractivity contribution in [3.63, 3.8) is 0 Å². The molecule has 166 valence electrons. The van der Waals surface area contributed by atoms with Gasteiger partial charge in [-0.05, 0) is 49.9 Å². The molecular weight excluding hydrogens is 392 g/mol. The number of carbonyl (C=O) groups excluding carboxylic acids is 2. The Morgan fingerprint density at radius 2 is 1.90 bits per heavy atom. The molecule has 1 aliphatic carbocycles. The van der Waals surface area contributed by atoms with E-state index in [4.69, 9.17) is 4.74 Å². The highest BCUT2D eigenvalue weighted by Gasteiger charge is 2.29. The number of hydrogen-bond donors (Lipinski definition) is 1. The maximum absolute atomic E-state index is 13.3. The number of benzene rings is 1. The summed E-state index contributed by atoms with van der Waals surface area (Å²) < 4.78 is 5.12. The van der Waals surface area contributed by atoms with E-state index in [0.29, 0.717) is 31.3 Å². The Hall–Kier alpha value is -2.54. The van der Waals surface area contributed by atoms with Gasteiger partial charge in [0.05, 0.1) is 13.3 Å². The van der Waals surface area contributed by atoms with E-state index in [-0.39, 0.29) is 18.7 Å². The molecule has 0 radical (unpaired) electrons. The number of nitrogens with zero attached hydrogens (tertiary/aromatic N) is 3. The summed E-state index contributed by atoms with van der Waals surface area (Å²) >= 11 is 0. The van der Waals surface area contributed by atoms with Crippen LogP contribution in [0.15, 0.2) is 18.2 Å². The lowest BCUT2D eigenvalue weighted by Gasteiger charge is -2.35. The van der Waals surface area contributed by atoms with Gasteiger partial charge >= 0.3 is 6.09 Å². The van der Waals surface area contributed by atoms with Gasteiger partial charge in [-0.1, -0.05) is 12.8 Å². The van der Waals surface area contributed by atoms with E-state index in [2.05, 4.69) is 16.0 Å². The molecule has 3 aliphatic rings. The van der Waals surface area contributed by atoms with Crippen LogP contribution in [0.3, 0.4) is 0 Å². The largest absolute Gasteiger partial charge is 0.450 e. The summed E-state index contributed by atoms with van der Waals surface area (Å²) in [5.74, 6) is -0.0192. The quantitative estimate of drug-likeness (QED) is 0.815. The first-order valence-electron chi connectivity index (χ1n) is 11.7. The third kappa shape index (κ3) is 3.91. The SMILES string of the molecule is CCOC(=O)N1CCCN(C(=O)c2ccc3[nH]c4c(c3c2)CN(C2CCCC2)CC4)C1. The second kappa shape index (κ2) is 8.54. The molecule has 2 amide bonds. The molecule has 0 unspecified atom stereocenters. The van der Waals surface area contributed by atoms with Crippen molar-refractivity contribution in [3.05, 3.63) is 35.0 Å². The van der Waals surface area contributed by atoms with Crippen LogP contribution >= 0.6 is 0 Å². The van der Waals surface area contributed by atoms with Gasteiger partial charge in [0.15, 0.2) is 0 Å². The summed E-state index contributed by atoms with van der Waals surface area (Å²) in [6.07, 6.45) is 6.79. The fourth-order valence-electron chi connectivity index (χ4n) is 5.46. The number of fused-ring (bicyclic) bond motifs is 3. The summed E-state index contributed by atoms with van der Waals surface area (Å²) in [6, 6.07) is 6.71. The summed E-state index contributed by atoms with van der Waals surface area (Å²) in [6.45, 7) is 5.81. The molecular formula is C24H32N4O3. The number of amides is 2. The van der Waals surface area contributed by atoms with E-state index >= 15 is 0 Å². The molecule has 2 aliphatic heterocycles. The number of nitrogens with one attached hydrogen (secondary N) is 1. The molecule has 1 aromatic carbocycles. The van der Waals surface area contributed by atoms with Crippen molar-refractivity contribution in [2.45, 2.75) is 58.0 Å². The van der Waals surface area contributed by atoms with Crippen molar-refractivity contribution >= 4 is 22.9 Å². The van der Waals surface area contributed by atoms with Crippen LogP contribution < -0.4 is 0 Å². The Labute approximate surface area is 183 Å². The van der Waals surface area contributed by atoms with Gasteiger partial charge in [-0.3, -0.25) is 14.6 Å². The van der Waals surface area contributed by atoms with Crippen molar-refractivity contribution in [2.75, 3.05) is 32.9 Å². The third-order valence-corrected chi connectivity index (χ3v) is 7.10. The van der Waals surface area contributed by atoms with Gasteiger partial charge in [0, 0.05) is 60.8 Å². The fourth-order valence-corrected chi connectivity index (χ4v) is 5.46. The minimum atomic E-state index is -0.345. The van der Waals surface area contributed by atoms with Crippen LogP contribution in [0.25, 0.3) is 10.9 Å². The van der Waals surface area contributed by atoms with E-state index in [0.717, 1.165) is 31.4 Å². The zero-order chi connectivity index (χ0) is 21.4. The highest BCUT2D eigenvalue weighted by atomic mass is 16.6. The van der Waals surface area contributed by atoms with Crippen LogP contribution in [-0.2, 0) is 17.7 Å². The molecule has 0 atom stereocenters. The van der Waals surface area contributed by atoms with Gasteiger partial charge in [-0.15, -0.1) is 0 Å². The van der Waals surface area contributed by atoms with Crippen molar-refractivity contribution < 1.29 is 14.3 Å². The molecule has 5 rings (SSSR count). The first-order chi connectivity index (χ1) is 15.1. The Morgan fingerprint density at radius 3 is 2.71 bits per heavy atom. The molecule has 7 nitrogen and oxygen atoms in total. The zero-order valence-electron chi connectivity index (χ0n) is 18.4. The van der Waals surface area contributed by atoms with Crippen LogP contribution in [0.2, 0.25) is 0 Å². The summed E-state index contributed by atoms with van der Waals surface area (Å²) in [5.41, 5.74) is 4.48. The average molecular weight is 425 g/mol. The predicted molar refractivity (Wildman–Crippen MR) is 119 cm³/mol. The molecule has 3 heterocycles. The third-order valence-electron chi connectivity index (χ3n) is 7.10. The van der Waals surface area contributed by atoms with E-state index in [1.54, 1.807) is 16.7 Å². The van der Waals surface area contributed by atoms with E-state index < -0.39 is 0 Å². The lowest BCUT2D eigenvalue weighted by atomic mass is 10.0. The van der Waals surface area contributed by atoms with E-state index in [9.17, 15) is 9.59 Å². The van der Waals surface area contributed by atoms with E-state index in [1.807, 2.05) is 12.1 Å². The number of ether oxygens (including phenoxy) is 1. The molecule has 1 N–H and O–H groups in total. The predicted octanol–water partition coefficient (Wildman–Crippen LogP) is 3.73. The number of H-pyrrole nitrogens is 1. The van der Waals surface area contributed by atoms with Gasteiger partial charge in [-0.25, -0.2) is 4.79 Å². The number of hydrogen-bond acceptors (Lipinski definition) is 4. The normalized spacial score (nSPS) is 20.3. The average Bonchev–Trinajstić information content (AvgIpc) is 3.46. The second-order valence-electron chi connectivity index (χ2n) is 9.03. The smallest absolute Gasteiger partial charge is 0.411 e. The fraction of sp³-hybridized carbons (Fsp3) is 0.583. The van der Waals surface area contributed by atoms with Gasteiger partial charge in [0.25, 0.3) is 5.91 Å². The molecule has 1 aromatic heterocycles. The van der Waals surface area contributed by atoms with Crippen molar-refractivity contribution in [1.29, 1.82) is 0 Å². The maximum Gasteiger partial charge on any atom is 0.411 e. The molecule has 1 saturated heterocycles. The van der Waals surface area contributed by atoms with Gasteiger partial charge in [0.1, 0.15) is 0 Å². The summed E-state index contributed by atoms with van der Waals surface area (Å²) in [5, 5.41) is 1.17. The number of carbonyl (C=O) groups is 2. The lowest BCUT2D eigenvalue weighted by Crippen LogP contribution is -2.49.